The Kier molecular flexibility index (Phi) is 5.63. The maximum atomic E-state index is 12.7. The molecule has 0 unspecified atom stereocenters. The van der Waals surface area contributed by atoms with E-state index >= 15 is 0 Å². The van der Waals surface area contributed by atoms with E-state index in [1.54, 1.807) is 18.2 Å². The lowest BCUT2D eigenvalue weighted by atomic mass is 10.1. The smallest absolute Gasteiger partial charge is 0.416 e. The van der Waals surface area contributed by atoms with Gasteiger partial charge in [-0.05, 0) is 42.0 Å². The van der Waals surface area contributed by atoms with Gasteiger partial charge in [-0.15, -0.1) is 0 Å². The number of hydrogen-bond acceptors (Lipinski definition) is 4. The summed E-state index contributed by atoms with van der Waals surface area (Å²) in [6, 6.07) is 9.08. The number of hydrogen-bond donors (Lipinski definition) is 1. The molecule has 1 N–H and O–H groups in total. The first-order valence-electron chi connectivity index (χ1n) is 7.08. The summed E-state index contributed by atoms with van der Waals surface area (Å²) in [6.45, 7) is 0. The van der Waals surface area contributed by atoms with Gasteiger partial charge in [-0.1, -0.05) is 6.07 Å². The van der Waals surface area contributed by atoms with Crippen molar-refractivity contribution in [2.24, 2.45) is 5.10 Å². The monoisotopic (exact) mass is 352 g/mol. The predicted octanol–water partition coefficient (Wildman–Crippen LogP) is 3.49. The van der Waals surface area contributed by atoms with Crippen LogP contribution in [0.3, 0.4) is 0 Å². The Morgan fingerprint density at radius 1 is 1.08 bits per heavy atom. The summed E-state index contributed by atoms with van der Waals surface area (Å²) in [5.41, 5.74) is 1.76. The Bertz CT molecular complexity index is 789. The second kappa shape index (κ2) is 7.69. The summed E-state index contributed by atoms with van der Waals surface area (Å²) < 4.78 is 48.2. The van der Waals surface area contributed by atoms with Gasteiger partial charge in [0.15, 0.2) is 11.5 Å². The first kappa shape index (κ1) is 18.3. The average Bonchev–Trinajstić information content (AvgIpc) is 2.60. The van der Waals surface area contributed by atoms with E-state index in [4.69, 9.17) is 9.47 Å². The van der Waals surface area contributed by atoms with Crippen molar-refractivity contribution >= 4 is 12.1 Å². The highest BCUT2D eigenvalue weighted by molar-refractivity contribution is 5.95. The Labute approximate surface area is 142 Å². The maximum Gasteiger partial charge on any atom is 0.416 e. The van der Waals surface area contributed by atoms with E-state index in [9.17, 15) is 18.0 Å². The summed E-state index contributed by atoms with van der Waals surface area (Å²) in [7, 11) is 2.98. The first-order chi connectivity index (χ1) is 11.8. The lowest BCUT2D eigenvalue weighted by Crippen LogP contribution is -2.18. The zero-order valence-corrected chi connectivity index (χ0v) is 13.4. The van der Waals surface area contributed by atoms with Crippen LogP contribution < -0.4 is 14.9 Å². The number of rotatable bonds is 5. The molecular weight excluding hydrogens is 337 g/mol. The zero-order valence-electron chi connectivity index (χ0n) is 13.4. The van der Waals surface area contributed by atoms with Gasteiger partial charge < -0.3 is 9.47 Å². The van der Waals surface area contributed by atoms with Gasteiger partial charge in [0, 0.05) is 5.56 Å². The molecule has 2 rings (SSSR count). The van der Waals surface area contributed by atoms with Crippen molar-refractivity contribution in [1.82, 2.24) is 5.43 Å². The fourth-order valence-corrected chi connectivity index (χ4v) is 2.00. The molecule has 0 atom stereocenters. The fourth-order valence-electron chi connectivity index (χ4n) is 2.00. The highest BCUT2D eigenvalue weighted by Gasteiger charge is 2.30. The summed E-state index contributed by atoms with van der Waals surface area (Å²) in [5.74, 6) is 0.270. The molecule has 0 saturated carbocycles. The number of carbonyl (C=O) groups excluding carboxylic acids is 1. The SMILES string of the molecule is COc1ccc(/C=N\NC(=O)c2cccc(C(F)(F)F)c2)cc1OC. The Morgan fingerprint density at radius 2 is 1.80 bits per heavy atom. The minimum absolute atomic E-state index is 0.140. The highest BCUT2D eigenvalue weighted by atomic mass is 19.4. The van der Waals surface area contributed by atoms with Crippen LogP contribution in [0.5, 0.6) is 11.5 Å². The number of carbonyl (C=O) groups is 1. The molecular formula is C17H15F3N2O3. The van der Waals surface area contributed by atoms with Gasteiger partial charge in [-0.3, -0.25) is 4.79 Å². The van der Waals surface area contributed by atoms with Gasteiger partial charge in [0.05, 0.1) is 26.0 Å². The molecule has 0 heterocycles. The molecule has 132 valence electrons. The van der Waals surface area contributed by atoms with Gasteiger partial charge in [0.2, 0.25) is 0 Å². The largest absolute Gasteiger partial charge is 0.493 e. The highest BCUT2D eigenvalue weighted by Crippen LogP contribution is 2.29. The van der Waals surface area contributed by atoms with Crippen molar-refractivity contribution in [3.63, 3.8) is 0 Å². The molecule has 0 aliphatic rings. The molecule has 0 radical (unpaired) electrons. The molecule has 8 heteroatoms. The number of nitrogens with zero attached hydrogens (tertiary/aromatic N) is 1. The third-order valence-electron chi connectivity index (χ3n) is 3.24. The average molecular weight is 352 g/mol. The van der Waals surface area contributed by atoms with Crippen molar-refractivity contribution in [2.75, 3.05) is 14.2 Å². The van der Waals surface area contributed by atoms with E-state index in [-0.39, 0.29) is 5.56 Å². The van der Waals surface area contributed by atoms with E-state index in [0.717, 1.165) is 18.2 Å². The van der Waals surface area contributed by atoms with Crippen LogP contribution >= 0.6 is 0 Å². The zero-order chi connectivity index (χ0) is 18.4. The van der Waals surface area contributed by atoms with Crippen LogP contribution in [0.25, 0.3) is 0 Å². The number of ether oxygens (including phenoxy) is 2. The molecule has 0 aromatic heterocycles. The van der Waals surface area contributed by atoms with E-state index < -0.39 is 17.6 Å². The Morgan fingerprint density at radius 3 is 2.44 bits per heavy atom. The molecule has 25 heavy (non-hydrogen) atoms. The molecule has 0 aliphatic heterocycles. The van der Waals surface area contributed by atoms with Gasteiger partial charge in [0.25, 0.3) is 5.91 Å². The molecule has 0 fully saturated rings. The van der Waals surface area contributed by atoms with E-state index in [1.807, 2.05) is 0 Å². The van der Waals surface area contributed by atoms with Gasteiger partial charge >= 0.3 is 6.18 Å². The number of amides is 1. The van der Waals surface area contributed by atoms with E-state index in [1.165, 1.54) is 26.5 Å². The summed E-state index contributed by atoms with van der Waals surface area (Å²) >= 11 is 0. The van der Waals surface area contributed by atoms with Crippen LogP contribution in [0.15, 0.2) is 47.6 Å². The van der Waals surface area contributed by atoms with Crippen molar-refractivity contribution < 1.29 is 27.4 Å². The molecule has 1 amide bonds. The molecule has 5 nitrogen and oxygen atoms in total. The van der Waals surface area contributed by atoms with Crippen molar-refractivity contribution in [1.29, 1.82) is 0 Å². The van der Waals surface area contributed by atoms with Crippen LogP contribution in [0, 0.1) is 0 Å². The molecule has 0 spiro atoms. The number of methoxy groups -OCH3 is 2. The minimum Gasteiger partial charge on any atom is -0.493 e. The van der Waals surface area contributed by atoms with Crippen LogP contribution in [0.4, 0.5) is 13.2 Å². The van der Waals surface area contributed by atoms with Crippen molar-refractivity contribution in [2.45, 2.75) is 6.18 Å². The van der Waals surface area contributed by atoms with Gasteiger partial charge in [0.1, 0.15) is 0 Å². The topological polar surface area (TPSA) is 59.9 Å². The third-order valence-corrected chi connectivity index (χ3v) is 3.24. The number of benzene rings is 2. The van der Waals surface area contributed by atoms with Crippen LogP contribution in [-0.2, 0) is 6.18 Å². The number of nitrogens with one attached hydrogen (secondary N) is 1. The lowest BCUT2D eigenvalue weighted by molar-refractivity contribution is -0.137. The number of hydrazone groups is 1. The molecule has 0 bridgehead atoms. The lowest BCUT2D eigenvalue weighted by Gasteiger charge is -2.08. The quantitative estimate of drug-likeness (QED) is 0.662. The fraction of sp³-hybridized carbons (Fsp3) is 0.176. The van der Waals surface area contributed by atoms with Crippen LogP contribution in [0.2, 0.25) is 0 Å². The third kappa shape index (κ3) is 4.72. The molecule has 2 aromatic rings. The Balaban J connectivity index is 2.08. The summed E-state index contributed by atoms with van der Waals surface area (Å²) in [6.07, 6.45) is -3.17. The minimum atomic E-state index is -4.51. The van der Waals surface area contributed by atoms with Gasteiger partial charge in [-0.2, -0.15) is 18.3 Å². The maximum absolute atomic E-state index is 12.7. The molecule has 2 aromatic carbocycles. The molecule has 0 aliphatic carbocycles. The first-order valence-corrected chi connectivity index (χ1v) is 7.08. The normalized spacial score (nSPS) is 11.4. The molecule has 0 saturated heterocycles. The van der Waals surface area contributed by atoms with Crippen LogP contribution in [0.1, 0.15) is 21.5 Å². The van der Waals surface area contributed by atoms with Crippen molar-refractivity contribution in [3.8, 4) is 11.5 Å². The summed E-state index contributed by atoms with van der Waals surface area (Å²) in [5, 5.41) is 3.74. The van der Waals surface area contributed by atoms with E-state index in [0.29, 0.717) is 17.1 Å². The number of alkyl halides is 3. The van der Waals surface area contributed by atoms with Crippen LogP contribution in [-0.4, -0.2) is 26.3 Å². The van der Waals surface area contributed by atoms with Crippen molar-refractivity contribution in [3.05, 3.63) is 59.2 Å². The van der Waals surface area contributed by atoms with Gasteiger partial charge in [-0.25, -0.2) is 5.43 Å². The standard InChI is InChI=1S/C17H15F3N2O3/c1-24-14-7-6-11(8-15(14)25-2)10-21-22-16(23)12-4-3-5-13(9-12)17(18,19)20/h3-10H,1-2H3,(H,22,23)/b21-10-. The number of halogens is 3. The second-order valence-electron chi connectivity index (χ2n) is 4.89. The predicted molar refractivity (Wildman–Crippen MR) is 86.1 cm³/mol. The Hall–Kier alpha value is -3.03. The van der Waals surface area contributed by atoms with E-state index in [2.05, 4.69) is 10.5 Å². The second-order valence-corrected chi connectivity index (χ2v) is 4.89. The summed E-state index contributed by atoms with van der Waals surface area (Å²) in [4.78, 5) is 11.9.